The second-order valence-electron chi connectivity index (χ2n) is 17.7. The number of carbonyl (C=O) groups is 3. The Morgan fingerprint density at radius 3 is 1.04 bits per heavy atom. The summed E-state index contributed by atoms with van der Waals surface area (Å²) < 4.78 is 16.7. The van der Waals surface area contributed by atoms with Crippen LogP contribution in [0.2, 0.25) is 0 Å². The maximum atomic E-state index is 12.8. The molecular formula is C61H100O6. The molecule has 0 spiro atoms. The van der Waals surface area contributed by atoms with Gasteiger partial charge < -0.3 is 14.2 Å². The summed E-state index contributed by atoms with van der Waals surface area (Å²) in [5.41, 5.74) is 0. The Labute approximate surface area is 412 Å². The Balaban J connectivity index is 4.55. The predicted octanol–water partition coefficient (Wildman–Crippen LogP) is 18.3. The van der Waals surface area contributed by atoms with E-state index in [4.69, 9.17) is 14.2 Å². The molecule has 0 aliphatic rings. The van der Waals surface area contributed by atoms with Crippen molar-refractivity contribution in [3.05, 3.63) is 109 Å². The fourth-order valence-corrected chi connectivity index (χ4v) is 7.13. The van der Waals surface area contributed by atoms with Gasteiger partial charge in [0, 0.05) is 19.3 Å². The molecule has 0 amide bonds. The van der Waals surface area contributed by atoms with E-state index in [-0.39, 0.29) is 37.5 Å². The highest BCUT2D eigenvalue weighted by Crippen LogP contribution is 2.13. The van der Waals surface area contributed by atoms with Crippen molar-refractivity contribution in [2.75, 3.05) is 13.2 Å². The average molecular weight is 929 g/mol. The van der Waals surface area contributed by atoms with E-state index in [2.05, 4.69) is 130 Å². The standard InChI is InChI=1S/C61H100O6/c1-4-7-10-13-16-19-22-25-28-30-33-36-39-42-45-48-51-54-60(63)66-57-58(56-65-59(62)53-50-47-44-41-38-35-32-27-24-21-18-15-12-9-6-3)67-61(64)55-52-49-46-43-40-37-34-31-29-26-23-20-17-14-11-8-5-2/h9,12,16,18-19,21,25-29,32-33,36,38,41-42,45,58H,4-8,10-11,13-15,17,20,22-24,30-31,34-35,37,39-40,43-44,46-57H2,1-3H3/b12-9-,19-16-,21-18-,28-25-,29-26-,32-27-,36-33-,41-38-,45-42-/t58-/m1/s1. The van der Waals surface area contributed by atoms with Crippen LogP contribution in [-0.2, 0) is 28.6 Å². The lowest BCUT2D eigenvalue weighted by Crippen LogP contribution is -2.30. The molecule has 0 heterocycles. The number of allylic oxidation sites excluding steroid dienone is 18. The molecule has 0 aromatic rings. The fourth-order valence-electron chi connectivity index (χ4n) is 7.13. The largest absolute Gasteiger partial charge is 0.462 e. The first-order chi connectivity index (χ1) is 33.0. The first kappa shape index (κ1) is 63.1. The molecule has 6 heteroatoms. The zero-order valence-corrected chi connectivity index (χ0v) is 43.4. The van der Waals surface area contributed by atoms with Crippen LogP contribution >= 0.6 is 0 Å². The van der Waals surface area contributed by atoms with Crippen molar-refractivity contribution in [1.29, 1.82) is 0 Å². The smallest absolute Gasteiger partial charge is 0.306 e. The predicted molar refractivity (Wildman–Crippen MR) is 288 cm³/mol. The van der Waals surface area contributed by atoms with E-state index in [9.17, 15) is 14.4 Å². The van der Waals surface area contributed by atoms with Crippen LogP contribution in [-0.4, -0.2) is 37.2 Å². The summed E-state index contributed by atoms with van der Waals surface area (Å²) in [6.45, 7) is 6.40. The monoisotopic (exact) mass is 929 g/mol. The number of hydrogen-bond donors (Lipinski definition) is 0. The van der Waals surface area contributed by atoms with Gasteiger partial charge >= 0.3 is 17.9 Å². The van der Waals surface area contributed by atoms with E-state index in [0.717, 1.165) is 83.5 Å². The van der Waals surface area contributed by atoms with Crippen molar-refractivity contribution in [1.82, 2.24) is 0 Å². The van der Waals surface area contributed by atoms with Crippen LogP contribution in [0.3, 0.4) is 0 Å². The number of rotatable bonds is 48. The van der Waals surface area contributed by atoms with Gasteiger partial charge in [-0.25, -0.2) is 0 Å². The number of unbranched alkanes of at least 4 members (excludes halogenated alkanes) is 19. The van der Waals surface area contributed by atoms with Gasteiger partial charge in [-0.1, -0.05) is 207 Å². The summed E-state index contributed by atoms with van der Waals surface area (Å²) >= 11 is 0. The molecule has 0 unspecified atom stereocenters. The first-order valence-electron chi connectivity index (χ1n) is 27.4. The van der Waals surface area contributed by atoms with Crippen LogP contribution in [0.25, 0.3) is 0 Å². The molecule has 0 aromatic heterocycles. The average Bonchev–Trinajstić information content (AvgIpc) is 3.33. The van der Waals surface area contributed by atoms with Crippen LogP contribution in [0.15, 0.2) is 109 Å². The fraction of sp³-hybridized carbons (Fsp3) is 0.656. The minimum Gasteiger partial charge on any atom is -0.462 e. The Morgan fingerprint density at radius 2 is 0.597 bits per heavy atom. The quantitative estimate of drug-likeness (QED) is 0.0262. The van der Waals surface area contributed by atoms with E-state index in [0.29, 0.717) is 25.7 Å². The summed E-state index contributed by atoms with van der Waals surface area (Å²) in [6.07, 6.45) is 73.7. The van der Waals surface area contributed by atoms with Crippen LogP contribution in [0.1, 0.15) is 239 Å². The Bertz CT molecular complexity index is 1390. The Kier molecular flexibility index (Phi) is 51.5. The normalized spacial score (nSPS) is 12.9. The summed E-state index contributed by atoms with van der Waals surface area (Å²) in [7, 11) is 0. The van der Waals surface area contributed by atoms with Crippen LogP contribution in [0.4, 0.5) is 0 Å². The molecule has 0 radical (unpaired) electrons. The molecule has 0 bridgehead atoms. The maximum Gasteiger partial charge on any atom is 0.306 e. The highest BCUT2D eigenvalue weighted by molar-refractivity contribution is 5.71. The molecular weight excluding hydrogens is 829 g/mol. The van der Waals surface area contributed by atoms with Crippen molar-refractivity contribution < 1.29 is 28.6 Å². The van der Waals surface area contributed by atoms with E-state index in [1.54, 1.807) is 0 Å². The molecule has 0 saturated carbocycles. The highest BCUT2D eigenvalue weighted by atomic mass is 16.6. The lowest BCUT2D eigenvalue weighted by molar-refractivity contribution is -0.167. The van der Waals surface area contributed by atoms with Crippen LogP contribution in [0.5, 0.6) is 0 Å². The SMILES string of the molecule is CC/C=C\C/C=C\C/C=C\C/C=C\CCCCC(=O)OC[C@H](COC(=O)CCC/C=C\C/C=C\C/C=C\C/C=C\CCCCC)OC(=O)CCCCCCCCC/C=C\CCCCCCCC. The maximum absolute atomic E-state index is 12.8. The van der Waals surface area contributed by atoms with Crippen molar-refractivity contribution in [2.45, 2.75) is 245 Å². The minimum atomic E-state index is -0.821. The molecule has 6 nitrogen and oxygen atoms in total. The molecule has 67 heavy (non-hydrogen) atoms. The third-order valence-electron chi connectivity index (χ3n) is 11.2. The molecule has 0 aliphatic heterocycles. The number of esters is 3. The number of ether oxygens (including phenoxy) is 3. The zero-order chi connectivity index (χ0) is 48.6. The lowest BCUT2D eigenvalue weighted by Gasteiger charge is -2.18. The molecule has 0 rings (SSSR count). The Morgan fingerprint density at radius 1 is 0.313 bits per heavy atom. The second kappa shape index (κ2) is 54.7. The van der Waals surface area contributed by atoms with Crippen molar-refractivity contribution >= 4 is 17.9 Å². The molecule has 0 aromatic carbocycles. The van der Waals surface area contributed by atoms with Crippen molar-refractivity contribution in [2.24, 2.45) is 0 Å². The topological polar surface area (TPSA) is 78.9 Å². The van der Waals surface area contributed by atoms with Crippen molar-refractivity contribution in [3.8, 4) is 0 Å². The molecule has 1 atom stereocenters. The Hall–Kier alpha value is -3.93. The van der Waals surface area contributed by atoms with E-state index >= 15 is 0 Å². The zero-order valence-electron chi connectivity index (χ0n) is 43.4. The van der Waals surface area contributed by atoms with Gasteiger partial charge in [0.15, 0.2) is 6.10 Å². The third-order valence-corrected chi connectivity index (χ3v) is 11.2. The summed E-state index contributed by atoms with van der Waals surface area (Å²) in [5.74, 6) is -1.02. The lowest BCUT2D eigenvalue weighted by atomic mass is 10.1. The van der Waals surface area contributed by atoms with Gasteiger partial charge in [0.25, 0.3) is 0 Å². The summed E-state index contributed by atoms with van der Waals surface area (Å²) in [5, 5.41) is 0. The number of hydrogen-bond acceptors (Lipinski definition) is 6. The van der Waals surface area contributed by atoms with Gasteiger partial charge in [0.2, 0.25) is 0 Å². The molecule has 0 N–H and O–H groups in total. The van der Waals surface area contributed by atoms with Gasteiger partial charge in [-0.2, -0.15) is 0 Å². The van der Waals surface area contributed by atoms with Gasteiger partial charge in [-0.3, -0.25) is 14.4 Å². The number of carbonyl (C=O) groups excluding carboxylic acids is 3. The van der Waals surface area contributed by atoms with Crippen LogP contribution < -0.4 is 0 Å². The van der Waals surface area contributed by atoms with Crippen molar-refractivity contribution in [3.63, 3.8) is 0 Å². The second-order valence-corrected chi connectivity index (χ2v) is 17.7. The van der Waals surface area contributed by atoms with E-state index in [1.165, 1.54) is 103 Å². The van der Waals surface area contributed by atoms with E-state index < -0.39 is 6.10 Å². The third kappa shape index (κ3) is 52.9. The molecule has 0 saturated heterocycles. The molecule has 0 aliphatic carbocycles. The van der Waals surface area contributed by atoms with Gasteiger partial charge in [0.05, 0.1) is 0 Å². The summed E-state index contributed by atoms with van der Waals surface area (Å²) in [6, 6.07) is 0. The van der Waals surface area contributed by atoms with E-state index in [1.807, 2.05) is 0 Å². The van der Waals surface area contributed by atoms with Crippen LogP contribution in [0, 0.1) is 0 Å². The van der Waals surface area contributed by atoms with Gasteiger partial charge in [-0.05, 0) is 122 Å². The molecule has 0 fully saturated rings. The molecule has 380 valence electrons. The minimum absolute atomic E-state index is 0.120. The summed E-state index contributed by atoms with van der Waals surface area (Å²) in [4.78, 5) is 38.1. The first-order valence-corrected chi connectivity index (χ1v) is 27.4. The van der Waals surface area contributed by atoms with Gasteiger partial charge in [-0.15, -0.1) is 0 Å². The highest BCUT2D eigenvalue weighted by Gasteiger charge is 2.19. The van der Waals surface area contributed by atoms with Gasteiger partial charge in [0.1, 0.15) is 13.2 Å².